The van der Waals surface area contributed by atoms with Gasteiger partial charge in [-0.1, -0.05) is 60.8 Å². The first-order valence-corrected chi connectivity index (χ1v) is 7.35. The maximum Gasteiger partial charge on any atom is 0.215 e. The molecule has 0 bridgehead atoms. The zero-order valence-corrected chi connectivity index (χ0v) is 12.6. The highest BCUT2D eigenvalue weighted by atomic mass is 32.1. The lowest BCUT2D eigenvalue weighted by Crippen LogP contribution is -2.27. The molecular formula is C16H10N2OS2. The van der Waals surface area contributed by atoms with Crippen LogP contribution in [0.3, 0.4) is 0 Å². The van der Waals surface area contributed by atoms with Crippen molar-refractivity contribution in [3.05, 3.63) is 65.5 Å². The van der Waals surface area contributed by atoms with Crippen LogP contribution < -0.4 is 0 Å². The molecule has 0 unspecified atom stereocenters. The van der Waals surface area contributed by atoms with Gasteiger partial charge in [0, 0.05) is 11.1 Å². The predicted molar refractivity (Wildman–Crippen MR) is 89.4 cm³/mol. The first kappa shape index (κ1) is 12.6. The Morgan fingerprint density at radius 2 is 1.52 bits per heavy atom. The third kappa shape index (κ3) is 1.97. The monoisotopic (exact) mass is 310 g/mol. The molecule has 102 valence electrons. The van der Waals surface area contributed by atoms with Crippen LogP contribution in [0.25, 0.3) is 11.1 Å². The van der Waals surface area contributed by atoms with E-state index >= 15 is 0 Å². The van der Waals surface area contributed by atoms with Crippen molar-refractivity contribution in [2.45, 2.75) is 6.54 Å². The van der Waals surface area contributed by atoms with E-state index in [0.717, 1.165) is 32.2 Å². The highest BCUT2D eigenvalue weighted by Gasteiger charge is 2.29. The van der Waals surface area contributed by atoms with Crippen molar-refractivity contribution in [1.82, 2.24) is 9.88 Å². The average Bonchev–Trinajstić information content (AvgIpc) is 3.02. The van der Waals surface area contributed by atoms with E-state index in [2.05, 4.69) is 4.98 Å². The van der Waals surface area contributed by atoms with E-state index in [9.17, 15) is 0 Å². The van der Waals surface area contributed by atoms with E-state index in [-0.39, 0.29) is 0 Å². The molecule has 0 fully saturated rings. The van der Waals surface area contributed by atoms with E-state index in [0.29, 0.717) is 12.4 Å². The van der Waals surface area contributed by atoms with E-state index in [4.69, 9.17) is 28.9 Å². The minimum absolute atomic E-state index is 0.459. The quantitative estimate of drug-likeness (QED) is 0.673. The van der Waals surface area contributed by atoms with Gasteiger partial charge < -0.3 is 9.32 Å². The Bertz CT molecular complexity index is 817. The normalized spacial score (nSPS) is 14.0. The summed E-state index contributed by atoms with van der Waals surface area (Å²) >= 11 is 11.0. The third-order valence-corrected chi connectivity index (χ3v) is 4.39. The summed E-state index contributed by atoms with van der Waals surface area (Å²) in [6.07, 6.45) is 0. The highest BCUT2D eigenvalue weighted by molar-refractivity contribution is 7.82. The molecule has 3 aromatic rings. The maximum atomic E-state index is 5.75. The standard InChI is InChI=1S/C16H10N2OS2/c20-15-10-5-1-2-6-11(10)16(21)18(15)9-14-17-12-7-3-4-8-13(12)19-14/h1-8H,9H2. The van der Waals surface area contributed by atoms with Crippen molar-refractivity contribution in [2.24, 2.45) is 0 Å². The lowest BCUT2D eigenvalue weighted by Gasteiger charge is -2.15. The zero-order valence-electron chi connectivity index (χ0n) is 10.9. The highest BCUT2D eigenvalue weighted by Crippen LogP contribution is 2.26. The molecule has 0 atom stereocenters. The third-order valence-electron chi connectivity index (χ3n) is 3.51. The van der Waals surface area contributed by atoms with Crippen LogP contribution in [-0.2, 0) is 6.54 Å². The van der Waals surface area contributed by atoms with Crippen LogP contribution in [0, 0.1) is 0 Å². The molecular weight excluding hydrogens is 300 g/mol. The van der Waals surface area contributed by atoms with Gasteiger partial charge in [-0.05, 0) is 12.1 Å². The number of thiocarbonyl (C=S) groups is 2. The molecule has 5 heteroatoms. The Labute approximate surface area is 132 Å². The van der Waals surface area contributed by atoms with Crippen LogP contribution in [0.15, 0.2) is 52.9 Å². The van der Waals surface area contributed by atoms with Crippen LogP contribution in [0.4, 0.5) is 0 Å². The van der Waals surface area contributed by atoms with Gasteiger partial charge in [0.1, 0.15) is 22.0 Å². The number of hydrogen-bond donors (Lipinski definition) is 0. The Balaban J connectivity index is 1.69. The molecule has 0 saturated heterocycles. The fourth-order valence-corrected chi connectivity index (χ4v) is 3.23. The number of para-hydroxylation sites is 2. The largest absolute Gasteiger partial charge is 0.439 e. The van der Waals surface area contributed by atoms with Crippen molar-refractivity contribution in [3.63, 3.8) is 0 Å². The molecule has 0 N–H and O–H groups in total. The lowest BCUT2D eigenvalue weighted by atomic mass is 10.1. The topological polar surface area (TPSA) is 29.3 Å². The fraction of sp³-hybridized carbons (Fsp3) is 0.0625. The van der Waals surface area contributed by atoms with E-state index in [1.165, 1.54) is 0 Å². The van der Waals surface area contributed by atoms with E-state index in [1.807, 2.05) is 53.4 Å². The number of aromatic nitrogens is 1. The first-order valence-electron chi connectivity index (χ1n) is 6.54. The van der Waals surface area contributed by atoms with Gasteiger partial charge in [-0.15, -0.1) is 0 Å². The number of rotatable bonds is 2. The smallest absolute Gasteiger partial charge is 0.215 e. The molecule has 1 aromatic heterocycles. The predicted octanol–water partition coefficient (Wildman–Crippen LogP) is 3.69. The second-order valence-corrected chi connectivity index (χ2v) is 5.59. The molecule has 0 spiro atoms. The van der Waals surface area contributed by atoms with Gasteiger partial charge in [-0.3, -0.25) is 0 Å². The van der Waals surface area contributed by atoms with E-state index < -0.39 is 0 Å². The molecule has 0 radical (unpaired) electrons. The summed E-state index contributed by atoms with van der Waals surface area (Å²) in [4.78, 5) is 7.85. The Hall–Kier alpha value is -2.11. The summed E-state index contributed by atoms with van der Waals surface area (Å²) in [6.45, 7) is 0.459. The minimum atomic E-state index is 0.459. The van der Waals surface area contributed by atoms with Gasteiger partial charge in [-0.25, -0.2) is 4.98 Å². The second-order valence-electron chi connectivity index (χ2n) is 4.82. The molecule has 21 heavy (non-hydrogen) atoms. The van der Waals surface area contributed by atoms with Crippen LogP contribution in [-0.4, -0.2) is 19.9 Å². The van der Waals surface area contributed by atoms with Crippen molar-refractivity contribution in [1.29, 1.82) is 0 Å². The van der Waals surface area contributed by atoms with Gasteiger partial charge >= 0.3 is 0 Å². The molecule has 0 amide bonds. The number of benzene rings is 2. The van der Waals surface area contributed by atoms with Gasteiger partial charge in [0.15, 0.2) is 5.58 Å². The summed E-state index contributed by atoms with van der Waals surface area (Å²) in [5.41, 5.74) is 3.64. The first-order chi connectivity index (χ1) is 10.2. The zero-order chi connectivity index (χ0) is 14.4. The summed E-state index contributed by atoms with van der Waals surface area (Å²) in [5.74, 6) is 0.619. The van der Waals surface area contributed by atoms with Crippen molar-refractivity contribution >= 4 is 45.5 Å². The summed E-state index contributed by atoms with van der Waals surface area (Å²) < 4.78 is 5.75. The van der Waals surface area contributed by atoms with E-state index in [1.54, 1.807) is 0 Å². The Morgan fingerprint density at radius 3 is 2.19 bits per heavy atom. The summed E-state index contributed by atoms with van der Waals surface area (Å²) in [7, 11) is 0. The molecule has 1 aliphatic rings. The summed E-state index contributed by atoms with van der Waals surface area (Å²) in [5, 5.41) is 0. The van der Waals surface area contributed by atoms with Crippen LogP contribution in [0.5, 0.6) is 0 Å². The second kappa shape index (κ2) is 4.72. The number of oxazole rings is 1. The maximum absolute atomic E-state index is 5.75. The Morgan fingerprint density at radius 1 is 0.905 bits per heavy atom. The molecule has 2 heterocycles. The fourth-order valence-electron chi connectivity index (χ4n) is 2.51. The van der Waals surface area contributed by atoms with Crippen molar-refractivity contribution in [2.75, 3.05) is 0 Å². The van der Waals surface area contributed by atoms with Gasteiger partial charge in [0.05, 0.1) is 0 Å². The number of fused-ring (bicyclic) bond motifs is 2. The molecule has 4 rings (SSSR count). The minimum Gasteiger partial charge on any atom is -0.439 e. The van der Waals surface area contributed by atoms with Gasteiger partial charge in [-0.2, -0.15) is 0 Å². The van der Waals surface area contributed by atoms with Gasteiger partial charge in [0.2, 0.25) is 5.89 Å². The lowest BCUT2D eigenvalue weighted by molar-refractivity contribution is 0.468. The SMILES string of the molecule is S=C1c2ccccc2C(=S)N1Cc1nc2ccccc2o1. The summed E-state index contributed by atoms with van der Waals surface area (Å²) in [6, 6.07) is 15.6. The average molecular weight is 310 g/mol. The van der Waals surface area contributed by atoms with Crippen molar-refractivity contribution in [3.8, 4) is 0 Å². The van der Waals surface area contributed by atoms with Gasteiger partial charge in [0.25, 0.3) is 0 Å². The molecule has 2 aromatic carbocycles. The number of nitrogens with zero attached hydrogens (tertiary/aromatic N) is 2. The molecule has 1 aliphatic heterocycles. The number of hydrogen-bond acceptors (Lipinski definition) is 4. The van der Waals surface area contributed by atoms with Crippen molar-refractivity contribution < 1.29 is 4.42 Å². The van der Waals surface area contributed by atoms with Crippen LogP contribution in [0.2, 0.25) is 0 Å². The van der Waals surface area contributed by atoms with Crippen LogP contribution >= 0.6 is 24.4 Å². The molecule has 3 nitrogen and oxygen atoms in total. The molecule has 0 aliphatic carbocycles. The van der Waals surface area contributed by atoms with Crippen LogP contribution in [0.1, 0.15) is 17.0 Å². The Kier molecular flexibility index (Phi) is 2.83. The molecule has 0 saturated carbocycles.